The van der Waals surface area contributed by atoms with Gasteiger partial charge in [-0.05, 0) is 60.1 Å². The Morgan fingerprint density at radius 3 is 2.58 bits per heavy atom. The molecule has 136 valence electrons. The summed E-state index contributed by atoms with van der Waals surface area (Å²) in [6.07, 6.45) is 6.20. The maximum atomic E-state index is 12.4. The quantitative estimate of drug-likeness (QED) is 0.644. The van der Waals surface area contributed by atoms with Crippen LogP contribution in [-0.2, 0) is 11.2 Å². The summed E-state index contributed by atoms with van der Waals surface area (Å²) < 4.78 is 0. The molecule has 1 heterocycles. The number of carbonyl (C=O) groups excluding carboxylic acids is 1. The molecule has 0 saturated carbocycles. The average Bonchev–Trinajstić information content (AvgIpc) is 2.69. The van der Waals surface area contributed by atoms with Crippen LogP contribution in [0, 0.1) is 0 Å². The molecule has 1 saturated heterocycles. The third-order valence-electron chi connectivity index (χ3n) is 5.06. The van der Waals surface area contributed by atoms with Gasteiger partial charge in [-0.3, -0.25) is 4.79 Å². The van der Waals surface area contributed by atoms with Gasteiger partial charge in [-0.1, -0.05) is 37.3 Å². The highest BCUT2D eigenvalue weighted by atomic mass is 16.3. The molecule has 0 radical (unpaired) electrons. The highest BCUT2D eigenvalue weighted by molar-refractivity contribution is 5.92. The third kappa shape index (κ3) is 4.26. The van der Waals surface area contributed by atoms with Crippen LogP contribution in [0.15, 0.2) is 48.5 Å². The highest BCUT2D eigenvalue weighted by Gasteiger charge is 2.22. The van der Waals surface area contributed by atoms with Crippen molar-refractivity contribution in [3.05, 3.63) is 65.2 Å². The fraction of sp³-hybridized carbons (Fsp3) is 0.318. The number of phenolic OH excluding ortho intramolecular Hbond substituents is 2. The predicted octanol–water partition coefficient (Wildman–Crippen LogP) is 4.08. The fourth-order valence-corrected chi connectivity index (χ4v) is 3.42. The summed E-state index contributed by atoms with van der Waals surface area (Å²) in [5.74, 6) is 0.152. The van der Waals surface area contributed by atoms with Gasteiger partial charge in [0.25, 0.3) is 0 Å². The molecule has 3 rings (SSSR count). The molecule has 4 heteroatoms. The zero-order valence-electron chi connectivity index (χ0n) is 15.1. The van der Waals surface area contributed by atoms with Crippen molar-refractivity contribution in [2.75, 3.05) is 13.1 Å². The first-order chi connectivity index (χ1) is 12.6. The van der Waals surface area contributed by atoms with Gasteiger partial charge in [0.05, 0.1) is 0 Å². The van der Waals surface area contributed by atoms with Gasteiger partial charge in [0, 0.05) is 19.2 Å². The van der Waals surface area contributed by atoms with E-state index < -0.39 is 0 Å². The number of amides is 1. The number of hydrogen-bond donors (Lipinski definition) is 2. The number of piperidine rings is 1. The molecule has 0 aromatic heterocycles. The van der Waals surface area contributed by atoms with Gasteiger partial charge in [-0.15, -0.1) is 0 Å². The van der Waals surface area contributed by atoms with Gasteiger partial charge in [0.15, 0.2) is 11.5 Å². The molecule has 2 N–H and O–H groups in total. The van der Waals surface area contributed by atoms with Crippen molar-refractivity contribution in [3.63, 3.8) is 0 Å². The number of aryl methyl sites for hydroxylation is 1. The average molecular weight is 351 g/mol. The monoisotopic (exact) mass is 351 g/mol. The number of aromatic hydroxyl groups is 2. The van der Waals surface area contributed by atoms with E-state index in [0.29, 0.717) is 11.5 Å². The van der Waals surface area contributed by atoms with Crippen LogP contribution in [0.2, 0.25) is 0 Å². The third-order valence-corrected chi connectivity index (χ3v) is 5.06. The van der Waals surface area contributed by atoms with E-state index in [0.717, 1.165) is 32.4 Å². The summed E-state index contributed by atoms with van der Waals surface area (Å²) in [7, 11) is 0. The van der Waals surface area contributed by atoms with Crippen molar-refractivity contribution >= 4 is 12.0 Å². The standard InChI is InChI=1S/C22H25NO3/c1-2-16-4-3-5-19(14-16)18-10-12-23(13-11-18)22(26)9-7-17-6-8-20(24)21(25)15-17/h3-9,14-15,18,24-25H,2,10-13H2,1H3/b9-7+. The SMILES string of the molecule is CCc1cccc(C2CCN(C(=O)/C=C/c3ccc(O)c(O)c3)CC2)c1. The summed E-state index contributed by atoms with van der Waals surface area (Å²) >= 11 is 0. The minimum Gasteiger partial charge on any atom is -0.504 e. The van der Waals surface area contributed by atoms with Gasteiger partial charge >= 0.3 is 0 Å². The minimum atomic E-state index is -0.185. The Hall–Kier alpha value is -2.75. The Morgan fingerprint density at radius 1 is 1.12 bits per heavy atom. The van der Waals surface area contributed by atoms with E-state index in [1.54, 1.807) is 12.1 Å². The largest absolute Gasteiger partial charge is 0.504 e. The van der Waals surface area contributed by atoms with Crippen LogP contribution < -0.4 is 0 Å². The number of rotatable bonds is 4. The maximum absolute atomic E-state index is 12.4. The van der Waals surface area contributed by atoms with Crippen molar-refractivity contribution < 1.29 is 15.0 Å². The lowest BCUT2D eigenvalue weighted by molar-refractivity contribution is -0.126. The van der Waals surface area contributed by atoms with Crippen LogP contribution in [0.25, 0.3) is 6.08 Å². The topological polar surface area (TPSA) is 60.8 Å². The lowest BCUT2D eigenvalue weighted by atomic mass is 9.88. The molecule has 26 heavy (non-hydrogen) atoms. The molecule has 0 unspecified atom stereocenters. The van der Waals surface area contributed by atoms with Crippen LogP contribution in [0.4, 0.5) is 0 Å². The van der Waals surface area contributed by atoms with Crippen molar-refractivity contribution in [1.29, 1.82) is 0 Å². The van der Waals surface area contributed by atoms with Gasteiger partial charge < -0.3 is 15.1 Å². The van der Waals surface area contributed by atoms with E-state index in [1.807, 2.05) is 4.90 Å². The predicted molar refractivity (Wildman–Crippen MR) is 103 cm³/mol. The Labute approximate surface area is 154 Å². The normalized spacial score (nSPS) is 15.5. The number of phenols is 2. The number of likely N-dealkylation sites (tertiary alicyclic amines) is 1. The molecule has 1 aliphatic rings. The summed E-state index contributed by atoms with van der Waals surface area (Å²) in [6, 6.07) is 13.3. The number of benzene rings is 2. The van der Waals surface area contributed by atoms with E-state index in [-0.39, 0.29) is 17.4 Å². The molecule has 1 amide bonds. The van der Waals surface area contributed by atoms with Crippen LogP contribution in [0.5, 0.6) is 11.5 Å². The Morgan fingerprint density at radius 2 is 1.88 bits per heavy atom. The molecule has 0 aliphatic carbocycles. The molecule has 2 aromatic rings. The lowest BCUT2D eigenvalue weighted by Crippen LogP contribution is -2.36. The van der Waals surface area contributed by atoms with Crippen LogP contribution in [0.1, 0.15) is 42.4 Å². The second-order valence-electron chi connectivity index (χ2n) is 6.78. The molecular formula is C22H25NO3. The number of nitrogens with zero attached hydrogens (tertiary/aromatic N) is 1. The Kier molecular flexibility index (Phi) is 5.61. The van der Waals surface area contributed by atoms with E-state index in [2.05, 4.69) is 31.2 Å². The first-order valence-corrected chi connectivity index (χ1v) is 9.14. The van der Waals surface area contributed by atoms with Crippen LogP contribution >= 0.6 is 0 Å². The van der Waals surface area contributed by atoms with E-state index in [9.17, 15) is 15.0 Å². The Balaban J connectivity index is 1.57. The van der Waals surface area contributed by atoms with Gasteiger partial charge in [-0.25, -0.2) is 0 Å². The second-order valence-corrected chi connectivity index (χ2v) is 6.78. The first kappa shape index (κ1) is 18.1. The van der Waals surface area contributed by atoms with Crippen molar-refractivity contribution in [2.24, 2.45) is 0 Å². The van der Waals surface area contributed by atoms with Gasteiger partial charge in [0.1, 0.15) is 0 Å². The van der Waals surface area contributed by atoms with Gasteiger partial charge in [-0.2, -0.15) is 0 Å². The van der Waals surface area contributed by atoms with Crippen molar-refractivity contribution in [1.82, 2.24) is 4.90 Å². The highest BCUT2D eigenvalue weighted by Crippen LogP contribution is 2.29. The molecular weight excluding hydrogens is 326 g/mol. The molecule has 4 nitrogen and oxygen atoms in total. The van der Waals surface area contributed by atoms with E-state index in [1.165, 1.54) is 29.3 Å². The van der Waals surface area contributed by atoms with Crippen LogP contribution in [-0.4, -0.2) is 34.1 Å². The van der Waals surface area contributed by atoms with E-state index >= 15 is 0 Å². The summed E-state index contributed by atoms with van der Waals surface area (Å²) in [4.78, 5) is 14.3. The van der Waals surface area contributed by atoms with Crippen LogP contribution in [0.3, 0.4) is 0 Å². The second kappa shape index (κ2) is 8.09. The maximum Gasteiger partial charge on any atom is 0.246 e. The minimum absolute atomic E-state index is 0.0154. The number of hydrogen-bond acceptors (Lipinski definition) is 3. The molecule has 0 spiro atoms. The molecule has 1 fully saturated rings. The molecule has 2 aromatic carbocycles. The molecule has 1 aliphatic heterocycles. The molecule has 0 bridgehead atoms. The summed E-state index contributed by atoms with van der Waals surface area (Å²) in [5.41, 5.74) is 3.42. The summed E-state index contributed by atoms with van der Waals surface area (Å²) in [6.45, 7) is 3.68. The smallest absolute Gasteiger partial charge is 0.246 e. The van der Waals surface area contributed by atoms with Gasteiger partial charge in [0.2, 0.25) is 5.91 Å². The molecule has 0 atom stereocenters. The van der Waals surface area contributed by atoms with E-state index in [4.69, 9.17) is 0 Å². The zero-order valence-corrected chi connectivity index (χ0v) is 15.1. The first-order valence-electron chi connectivity index (χ1n) is 9.14. The zero-order chi connectivity index (χ0) is 18.5. The fourth-order valence-electron chi connectivity index (χ4n) is 3.42. The van der Waals surface area contributed by atoms with Crippen molar-refractivity contribution in [3.8, 4) is 11.5 Å². The number of carbonyl (C=O) groups is 1. The summed E-state index contributed by atoms with van der Waals surface area (Å²) in [5, 5.41) is 18.8. The van der Waals surface area contributed by atoms with Crippen molar-refractivity contribution in [2.45, 2.75) is 32.1 Å². The lowest BCUT2D eigenvalue weighted by Gasteiger charge is -2.31. The Bertz CT molecular complexity index is 805.